The van der Waals surface area contributed by atoms with Crippen LogP contribution in [0, 0.1) is 0 Å². The molecule has 1 saturated heterocycles. The molecule has 0 atom stereocenters. The molecule has 1 aromatic rings. The van der Waals surface area contributed by atoms with E-state index in [1.54, 1.807) is 4.90 Å². The van der Waals surface area contributed by atoms with Gasteiger partial charge in [-0.15, -0.1) is 0 Å². The zero-order chi connectivity index (χ0) is 12.4. The van der Waals surface area contributed by atoms with Gasteiger partial charge < -0.3 is 15.1 Å². The lowest BCUT2D eigenvalue weighted by atomic mass is 10.1. The number of nitrogens with zero attached hydrogens (tertiary/aromatic N) is 1. The Hall–Kier alpha value is -1.26. The van der Waals surface area contributed by atoms with E-state index in [-0.39, 0.29) is 17.8 Å². The van der Waals surface area contributed by atoms with E-state index in [4.69, 9.17) is 11.6 Å². The van der Waals surface area contributed by atoms with E-state index >= 15 is 0 Å². The molecule has 1 fully saturated rings. The van der Waals surface area contributed by atoms with Crippen molar-refractivity contribution in [1.29, 1.82) is 0 Å². The number of aliphatic hydroxyl groups is 1. The predicted molar refractivity (Wildman–Crippen MR) is 64.3 cm³/mol. The Balaban J connectivity index is 2.16. The summed E-state index contributed by atoms with van der Waals surface area (Å²) < 4.78 is 0. The van der Waals surface area contributed by atoms with Crippen LogP contribution in [0.2, 0.25) is 5.02 Å². The van der Waals surface area contributed by atoms with Crippen LogP contribution in [-0.4, -0.2) is 40.2 Å². The Morgan fingerprint density at radius 2 is 2.00 bits per heavy atom. The molecular formula is C12H14ClNO3. The average Bonchev–Trinajstić information content (AvgIpc) is 2.32. The Morgan fingerprint density at radius 3 is 2.65 bits per heavy atom. The molecule has 0 aromatic heterocycles. The predicted octanol–water partition coefficient (Wildman–Crippen LogP) is 1.64. The van der Waals surface area contributed by atoms with Crippen molar-refractivity contribution in [3.8, 4) is 5.75 Å². The van der Waals surface area contributed by atoms with Crippen molar-refractivity contribution in [2.24, 2.45) is 0 Å². The highest BCUT2D eigenvalue weighted by molar-refractivity contribution is 6.33. The summed E-state index contributed by atoms with van der Waals surface area (Å²) in [6, 6.07) is 4.32. The molecule has 4 nitrogen and oxygen atoms in total. The number of halogens is 1. The van der Waals surface area contributed by atoms with Crippen LogP contribution in [0.25, 0.3) is 0 Å². The van der Waals surface area contributed by atoms with Crippen molar-refractivity contribution >= 4 is 17.5 Å². The van der Waals surface area contributed by atoms with E-state index in [9.17, 15) is 15.0 Å². The van der Waals surface area contributed by atoms with Crippen LogP contribution in [0.3, 0.4) is 0 Å². The highest BCUT2D eigenvalue weighted by atomic mass is 35.5. The summed E-state index contributed by atoms with van der Waals surface area (Å²) >= 11 is 5.93. The number of aliphatic hydroxyl groups excluding tert-OH is 1. The Morgan fingerprint density at radius 1 is 1.35 bits per heavy atom. The van der Waals surface area contributed by atoms with Crippen molar-refractivity contribution in [3.05, 3.63) is 28.8 Å². The standard InChI is InChI=1S/C12H14ClNO3/c13-11-2-1-9(16)7-10(11)12(17)14-5-3-8(15)4-6-14/h1-2,7-8,15-16H,3-6H2. The monoisotopic (exact) mass is 255 g/mol. The number of carbonyl (C=O) groups excluding carboxylic acids is 1. The molecule has 1 heterocycles. The molecule has 0 aliphatic carbocycles. The molecule has 5 heteroatoms. The summed E-state index contributed by atoms with van der Waals surface area (Å²) in [5.74, 6) is -0.174. The van der Waals surface area contributed by atoms with E-state index < -0.39 is 0 Å². The third-order valence-electron chi connectivity index (χ3n) is 2.93. The second kappa shape index (κ2) is 4.94. The molecule has 0 spiro atoms. The second-order valence-corrected chi connectivity index (χ2v) is 4.59. The third kappa shape index (κ3) is 2.70. The Labute approximate surface area is 104 Å². The van der Waals surface area contributed by atoms with Gasteiger partial charge in [0.05, 0.1) is 16.7 Å². The lowest BCUT2D eigenvalue weighted by Gasteiger charge is -2.29. The number of piperidine rings is 1. The van der Waals surface area contributed by atoms with Crippen molar-refractivity contribution in [2.45, 2.75) is 18.9 Å². The SMILES string of the molecule is O=C(c1cc(O)ccc1Cl)N1CCC(O)CC1. The number of amides is 1. The fourth-order valence-corrected chi connectivity index (χ4v) is 2.11. The van der Waals surface area contributed by atoms with Crippen LogP contribution in [0.15, 0.2) is 18.2 Å². The van der Waals surface area contributed by atoms with Crippen LogP contribution < -0.4 is 0 Å². The number of benzene rings is 1. The number of phenolic OH excluding ortho intramolecular Hbond substituents is 1. The summed E-state index contributed by atoms with van der Waals surface area (Å²) in [6.45, 7) is 1.04. The van der Waals surface area contributed by atoms with Gasteiger partial charge in [-0.2, -0.15) is 0 Å². The topological polar surface area (TPSA) is 60.8 Å². The zero-order valence-electron chi connectivity index (χ0n) is 9.27. The first-order valence-electron chi connectivity index (χ1n) is 5.54. The smallest absolute Gasteiger partial charge is 0.255 e. The minimum Gasteiger partial charge on any atom is -0.508 e. The second-order valence-electron chi connectivity index (χ2n) is 4.19. The summed E-state index contributed by atoms with van der Waals surface area (Å²) in [5.41, 5.74) is 0.308. The van der Waals surface area contributed by atoms with Crippen molar-refractivity contribution in [2.75, 3.05) is 13.1 Å². The van der Waals surface area contributed by atoms with E-state index in [0.717, 1.165) is 0 Å². The minimum atomic E-state index is -0.321. The highest BCUT2D eigenvalue weighted by Gasteiger charge is 2.23. The molecule has 0 saturated carbocycles. The van der Waals surface area contributed by atoms with Gasteiger partial charge in [0, 0.05) is 13.1 Å². The van der Waals surface area contributed by atoms with Gasteiger partial charge in [0.1, 0.15) is 5.75 Å². The summed E-state index contributed by atoms with van der Waals surface area (Å²) in [4.78, 5) is 13.8. The molecule has 92 valence electrons. The summed E-state index contributed by atoms with van der Waals surface area (Å²) in [5, 5.41) is 19.1. The number of hydrogen-bond donors (Lipinski definition) is 2. The molecule has 0 unspecified atom stereocenters. The number of likely N-dealkylation sites (tertiary alicyclic amines) is 1. The van der Waals surface area contributed by atoms with E-state index in [1.807, 2.05) is 0 Å². The van der Waals surface area contributed by atoms with Gasteiger partial charge in [-0.05, 0) is 31.0 Å². The molecule has 0 radical (unpaired) electrons. The van der Waals surface area contributed by atoms with Crippen LogP contribution in [0.1, 0.15) is 23.2 Å². The minimum absolute atomic E-state index is 0.0230. The van der Waals surface area contributed by atoms with Crippen LogP contribution >= 0.6 is 11.6 Å². The third-order valence-corrected chi connectivity index (χ3v) is 3.26. The molecular weight excluding hydrogens is 242 g/mol. The molecule has 2 rings (SSSR count). The fraction of sp³-hybridized carbons (Fsp3) is 0.417. The Kier molecular flexibility index (Phi) is 3.54. The lowest BCUT2D eigenvalue weighted by Crippen LogP contribution is -2.40. The average molecular weight is 256 g/mol. The van der Waals surface area contributed by atoms with Crippen LogP contribution in [0.4, 0.5) is 0 Å². The molecule has 1 amide bonds. The molecule has 17 heavy (non-hydrogen) atoms. The Bertz CT molecular complexity index is 428. The number of carbonyl (C=O) groups is 1. The first-order chi connectivity index (χ1) is 8.08. The summed E-state index contributed by atoms with van der Waals surface area (Å²) in [7, 11) is 0. The first kappa shape index (κ1) is 12.2. The quantitative estimate of drug-likeness (QED) is 0.802. The van der Waals surface area contributed by atoms with Crippen molar-refractivity contribution in [3.63, 3.8) is 0 Å². The normalized spacial score (nSPS) is 17.2. The number of phenols is 1. The molecule has 2 N–H and O–H groups in total. The number of rotatable bonds is 1. The van der Waals surface area contributed by atoms with Crippen molar-refractivity contribution in [1.82, 2.24) is 4.90 Å². The largest absolute Gasteiger partial charge is 0.508 e. The van der Waals surface area contributed by atoms with Gasteiger partial charge in [0.2, 0.25) is 0 Å². The van der Waals surface area contributed by atoms with Gasteiger partial charge in [-0.1, -0.05) is 11.6 Å². The fourth-order valence-electron chi connectivity index (χ4n) is 1.92. The zero-order valence-corrected chi connectivity index (χ0v) is 10.0. The lowest BCUT2D eigenvalue weighted by molar-refractivity contribution is 0.0546. The van der Waals surface area contributed by atoms with Crippen LogP contribution in [0.5, 0.6) is 5.75 Å². The molecule has 1 aliphatic rings. The number of hydrogen-bond acceptors (Lipinski definition) is 3. The van der Waals surface area contributed by atoms with Gasteiger partial charge in [-0.3, -0.25) is 4.79 Å². The van der Waals surface area contributed by atoms with Gasteiger partial charge >= 0.3 is 0 Å². The van der Waals surface area contributed by atoms with E-state index in [0.29, 0.717) is 36.5 Å². The highest BCUT2D eigenvalue weighted by Crippen LogP contribution is 2.24. The molecule has 1 aliphatic heterocycles. The van der Waals surface area contributed by atoms with E-state index in [1.165, 1.54) is 18.2 Å². The molecule has 0 bridgehead atoms. The molecule has 1 aromatic carbocycles. The van der Waals surface area contributed by atoms with Gasteiger partial charge in [-0.25, -0.2) is 0 Å². The van der Waals surface area contributed by atoms with Gasteiger partial charge in [0.15, 0.2) is 0 Å². The maximum absolute atomic E-state index is 12.1. The summed E-state index contributed by atoms with van der Waals surface area (Å²) in [6.07, 6.45) is 0.850. The first-order valence-corrected chi connectivity index (χ1v) is 5.91. The van der Waals surface area contributed by atoms with Crippen LogP contribution in [-0.2, 0) is 0 Å². The maximum atomic E-state index is 12.1. The maximum Gasteiger partial charge on any atom is 0.255 e. The van der Waals surface area contributed by atoms with E-state index in [2.05, 4.69) is 0 Å². The van der Waals surface area contributed by atoms with Crippen molar-refractivity contribution < 1.29 is 15.0 Å². The number of aromatic hydroxyl groups is 1. The van der Waals surface area contributed by atoms with Gasteiger partial charge in [0.25, 0.3) is 5.91 Å².